The summed E-state index contributed by atoms with van der Waals surface area (Å²) < 4.78 is 5.38. The molecule has 2 fully saturated rings. The average molecular weight is 512 g/mol. The second-order valence-corrected chi connectivity index (χ2v) is 8.61. The molecule has 4 rings (SSSR count). The molecule has 3 aliphatic rings. The molecule has 0 aromatic heterocycles. The molecule has 160 valence electrons. The lowest BCUT2D eigenvalue weighted by atomic mass is 9.89. The summed E-state index contributed by atoms with van der Waals surface area (Å²) in [4.78, 5) is 21.3. The van der Waals surface area contributed by atoms with Crippen LogP contribution in [0.25, 0.3) is 0 Å². The van der Waals surface area contributed by atoms with E-state index in [4.69, 9.17) is 9.73 Å². The normalized spacial score (nSPS) is 22.9. The minimum absolute atomic E-state index is 0. The van der Waals surface area contributed by atoms with Crippen molar-refractivity contribution in [2.75, 3.05) is 50.8 Å². The van der Waals surface area contributed by atoms with Crippen molar-refractivity contribution in [3.05, 3.63) is 29.8 Å². The van der Waals surface area contributed by atoms with Crippen molar-refractivity contribution in [3.63, 3.8) is 0 Å². The molecule has 0 bridgehead atoms. The Balaban J connectivity index is 0.00000240. The fourth-order valence-corrected chi connectivity index (χ4v) is 4.40. The first-order valence-electron chi connectivity index (χ1n) is 10.6. The van der Waals surface area contributed by atoms with Crippen LogP contribution in [-0.4, -0.2) is 62.7 Å². The van der Waals surface area contributed by atoms with E-state index in [9.17, 15) is 4.79 Å². The lowest BCUT2D eigenvalue weighted by Crippen LogP contribution is -2.45. The number of hydrogen-bond acceptors (Lipinski definition) is 3. The summed E-state index contributed by atoms with van der Waals surface area (Å²) in [5.74, 6) is 1.70. The number of nitrogens with one attached hydrogen (secondary N) is 1. The second-order valence-electron chi connectivity index (χ2n) is 8.61. The minimum Gasteiger partial charge on any atom is -0.380 e. The number of carbonyl (C=O) groups is 1. The molecule has 7 heteroatoms. The van der Waals surface area contributed by atoms with E-state index < -0.39 is 0 Å². The van der Waals surface area contributed by atoms with Gasteiger partial charge in [-0.15, -0.1) is 24.0 Å². The van der Waals surface area contributed by atoms with Gasteiger partial charge in [0.15, 0.2) is 5.96 Å². The Morgan fingerprint density at radius 1 is 1.34 bits per heavy atom. The van der Waals surface area contributed by atoms with Crippen molar-refractivity contribution in [1.82, 2.24) is 10.2 Å². The molecule has 0 saturated carbocycles. The maximum absolute atomic E-state index is 12.0. The molecule has 3 aliphatic heterocycles. The molecular weight excluding hydrogens is 479 g/mol. The highest BCUT2D eigenvalue weighted by Gasteiger charge is 2.35. The number of aliphatic imine (C=N–C) groups is 1. The Hall–Kier alpha value is -1.35. The largest absolute Gasteiger partial charge is 0.380 e. The van der Waals surface area contributed by atoms with Gasteiger partial charge < -0.3 is 19.9 Å². The van der Waals surface area contributed by atoms with Crippen LogP contribution in [0.4, 0.5) is 5.69 Å². The third-order valence-corrected chi connectivity index (χ3v) is 6.09. The lowest BCUT2D eigenvalue weighted by Gasteiger charge is -2.37. The summed E-state index contributed by atoms with van der Waals surface area (Å²) in [6.45, 7) is 10.2. The van der Waals surface area contributed by atoms with E-state index in [1.54, 1.807) is 0 Å². The number of anilines is 1. The zero-order valence-corrected chi connectivity index (χ0v) is 19.9. The zero-order chi connectivity index (χ0) is 19.6. The number of hydrogen-bond donors (Lipinski definition) is 1. The first kappa shape index (κ1) is 22.3. The number of ether oxygens (including phenoxy) is 1. The number of benzene rings is 1. The number of halogens is 1. The topological polar surface area (TPSA) is 57.2 Å². The van der Waals surface area contributed by atoms with E-state index in [-0.39, 0.29) is 29.4 Å². The molecule has 29 heavy (non-hydrogen) atoms. The molecule has 3 heterocycles. The van der Waals surface area contributed by atoms with Gasteiger partial charge in [0.25, 0.3) is 0 Å². The number of guanidine groups is 1. The molecule has 0 aliphatic carbocycles. The van der Waals surface area contributed by atoms with E-state index in [1.165, 1.54) is 11.3 Å². The Morgan fingerprint density at radius 3 is 2.79 bits per heavy atom. The molecular formula is C22H33IN4O2. The van der Waals surface area contributed by atoms with E-state index in [0.29, 0.717) is 18.2 Å². The molecule has 1 amide bonds. The van der Waals surface area contributed by atoms with E-state index in [0.717, 1.165) is 64.7 Å². The van der Waals surface area contributed by atoms with Crippen LogP contribution in [-0.2, 0) is 9.53 Å². The number of carbonyl (C=O) groups excluding carboxylic acids is 1. The Kier molecular flexibility index (Phi) is 7.42. The molecule has 2 saturated heterocycles. The molecule has 6 nitrogen and oxygen atoms in total. The minimum atomic E-state index is 0. The summed E-state index contributed by atoms with van der Waals surface area (Å²) in [7, 11) is 0. The third-order valence-electron chi connectivity index (χ3n) is 6.09. The van der Waals surface area contributed by atoms with Gasteiger partial charge >= 0.3 is 0 Å². The van der Waals surface area contributed by atoms with Crippen molar-refractivity contribution >= 4 is 41.5 Å². The van der Waals surface area contributed by atoms with Gasteiger partial charge in [-0.1, -0.05) is 25.1 Å². The quantitative estimate of drug-likeness (QED) is 0.362. The van der Waals surface area contributed by atoms with Crippen molar-refractivity contribution < 1.29 is 9.53 Å². The van der Waals surface area contributed by atoms with E-state index >= 15 is 0 Å². The zero-order valence-electron chi connectivity index (χ0n) is 17.5. The van der Waals surface area contributed by atoms with Gasteiger partial charge in [-0.3, -0.25) is 9.79 Å². The van der Waals surface area contributed by atoms with Crippen LogP contribution in [0.1, 0.15) is 44.6 Å². The van der Waals surface area contributed by atoms with Crippen LogP contribution in [0.5, 0.6) is 0 Å². The first-order valence-corrected chi connectivity index (χ1v) is 10.6. The van der Waals surface area contributed by atoms with Crippen molar-refractivity contribution in [1.29, 1.82) is 0 Å². The SMILES string of the molecule is CCNC(=NCC1(C)COC1)N1CC(CCN2CCCC2=O)c2ccccc21.I. The number of rotatable bonds is 6. The van der Waals surface area contributed by atoms with Crippen molar-refractivity contribution in [2.24, 2.45) is 10.4 Å². The predicted molar refractivity (Wildman–Crippen MR) is 127 cm³/mol. The molecule has 1 unspecified atom stereocenters. The molecule has 1 atom stereocenters. The fraction of sp³-hybridized carbons (Fsp3) is 0.636. The summed E-state index contributed by atoms with van der Waals surface area (Å²) in [6, 6.07) is 8.64. The maximum atomic E-state index is 12.0. The maximum Gasteiger partial charge on any atom is 0.222 e. The van der Waals surface area contributed by atoms with Gasteiger partial charge in [-0.05, 0) is 31.4 Å². The third kappa shape index (κ3) is 4.87. The van der Waals surface area contributed by atoms with Crippen molar-refractivity contribution in [3.8, 4) is 0 Å². The van der Waals surface area contributed by atoms with Crippen LogP contribution in [0.2, 0.25) is 0 Å². The first-order chi connectivity index (χ1) is 13.6. The molecule has 1 N–H and O–H groups in total. The number of para-hydroxylation sites is 1. The van der Waals surface area contributed by atoms with Crippen LogP contribution < -0.4 is 10.2 Å². The van der Waals surface area contributed by atoms with Crippen LogP contribution in [0.15, 0.2) is 29.3 Å². The number of amides is 1. The summed E-state index contributed by atoms with van der Waals surface area (Å²) in [5, 5.41) is 3.48. The fourth-order valence-electron chi connectivity index (χ4n) is 4.40. The molecule has 0 radical (unpaired) electrons. The Labute approximate surface area is 191 Å². The second kappa shape index (κ2) is 9.64. The highest BCUT2D eigenvalue weighted by Crippen LogP contribution is 2.38. The van der Waals surface area contributed by atoms with Gasteiger partial charge in [0, 0.05) is 49.6 Å². The smallest absolute Gasteiger partial charge is 0.222 e. The van der Waals surface area contributed by atoms with Gasteiger partial charge in [0.2, 0.25) is 5.91 Å². The van der Waals surface area contributed by atoms with Crippen molar-refractivity contribution in [2.45, 2.75) is 39.0 Å². The van der Waals surface area contributed by atoms with Gasteiger partial charge in [-0.25, -0.2) is 0 Å². The van der Waals surface area contributed by atoms with Gasteiger partial charge in [-0.2, -0.15) is 0 Å². The number of nitrogens with zero attached hydrogens (tertiary/aromatic N) is 3. The summed E-state index contributed by atoms with van der Waals surface area (Å²) >= 11 is 0. The van der Waals surface area contributed by atoms with Crippen LogP contribution in [0, 0.1) is 5.41 Å². The van der Waals surface area contributed by atoms with Gasteiger partial charge in [0.05, 0.1) is 19.8 Å². The van der Waals surface area contributed by atoms with Crippen LogP contribution >= 0.6 is 24.0 Å². The van der Waals surface area contributed by atoms with E-state index in [2.05, 4.69) is 48.3 Å². The highest BCUT2D eigenvalue weighted by molar-refractivity contribution is 14.0. The molecule has 0 spiro atoms. The average Bonchev–Trinajstić information content (AvgIpc) is 3.25. The lowest BCUT2D eigenvalue weighted by molar-refractivity contribution is -0.127. The highest BCUT2D eigenvalue weighted by atomic mass is 127. The van der Waals surface area contributed by atoms with Gasteiger partial charge in [0.1, 0.15) is 0 Å². The van der Waals surface area contributed by atoms with E-state index in [1.807, 2.05) is 4.90 Å². The summed E-state index contributed by atoms with van der Waals surface area (Å²) in [6.07, 6.45) is 2.73. The van der Waals surface area contributed by atoms with Crippen LogP contribution in [0.3, 0.4) is 0 Å². The number of likely N-dealkylation sites (tertiary alicyclic amines) is 1. The molecule has 1 aromatic carbocycles. The Morgan fingerprint density at radius 2 is 2.14 bits per heavy atom. The number of fused-ring (bicyclic) bond motifs is 1. The monoisotopic (exact) mass is 512 g/mol. The molecule has 1 aromatic rings. The Bertz CT molecular complexity index is 750. The standard InChI is InChI=1S/C22H32N4O2.HI/c1-3-23-21(24-14-22(2)15-28-16-22)26-13-17(18-7-4-5-8-19(18)26)10-12-25-11-6-9-20(25)27;/h4-5,7-8,17H,3,6,9-16H2,1-2H3,(H,23,24);1H. The predicted octanol–water partition coefficient (Wildman–Crippen LogP) is 3.22. The summed E-state index contributed by atoms with van der Waals surface area (Å²) in [5.41, 5.74) is 2.78.